The van der Waals surface area contributed by atoms with E-state index in [2.05, 4.69) is 16.0 Å². The summed E-state index contributed by atoms with van der Waals surface area (Å²) in [5.74, 6) is 1.87. The second-order valence-corrected chi connectivity index (χ2v) is 10.9. The third-order valence-corrected chi connectivity index (χ3v) is 8.16. The molecule has 4 aliphatic carbocycles. The first-order valence-electron chi connectivity index (χ1n) is 12.6. The van der Waals surface area contributed by atoms with Gasteiger partial charge in [0, 0.05) is 31.6 Å². The first-order chi connectivity index (χ1) is 16.4. The van der Waals surface area contributed by atoms with Crippen molar-refractivity contribution >= 4 is 23.6 Å². The van der Waals surface area contributed by atoms with E-state index in [0.29, 0.717) is 31.6 Å². The molecule has 0 spiro atoms. The molecule has 0 aromatic heterocycles. The molecule has 1 aromatic carbocycles. The van der Waals surface area contributed by atoms with Gasteiger partial charge in [0.2, 0.25) is 17.7 Å². The van der Waals surface area contributed by atoms with Gasteiger partial charge in [-0.25, -0.2) is 0 Å². The summed E-state index contributed by atoms with van der Waals surface area (Å²) >= 11 is 0. The number of carbonyl (C=O) groups is 4. The molecule has 3 N–H and O–H groups in total. The van der Waals surface area contributed by atoms with Crippen molar-refractivity contribution in [2.75, 3.05) is 26.2 Å². The second kappa shape index (κ2) is 9.39. The van der Waals surface area contributed by atoms with Gasteiger partial charge in [0.05, 0.1) is 13.1 Å². The zero-order chi connectivity index (χ0) is 23.7. The largest absolute Gasteiger partial charge is 0.353 e. The Labute approximate surface area is 200 Å². The average molecular weight is 467 g/mol. The molecule has 5 fully saturated rings. The Morgan fingerprint density at radius 3 is 2.21 bits per heavy atom. The van der Waals surface area contributed by atoms with Gasteiger partial charge in [0.1, 0.15) is 0 Å². The van der Waals surface area contributed by atoms with Crippen LogP contribution in [0.5, 0.6) is 0 Å². The van der Waals surface area contributed by atoms with E-state index >= 15 is 0 Å². The van der Waals surface area contributed by atoms with Crippen LogP contribution >= 0.6 is 0 Å². The molecule has 1 heterocycles. The minimum Gasteiger partial charge on any atom is -0.353 e. The van der Waals surface area contributed by atoms with E-state index in [1.807, 2.05) is 0 Å². The topological polar surface area (TPSA) is 108 Å². The zero-order valence-electron chi connectivity index (χ0n) is 19.6. The number of hydrogen-bond donors (Lipinski definition) is 3. The van der Waals surface area contributed by atoms with Crippen molar-refractivity contribution < 1.29 is 19.2 Å². The van der Waals surface area contributed by atoms with Crippen LogP contribution in [0.25, 0.3) is 0 Å². The fourth-order valence-electron chi connectivity index (χ4n) is 7.11. The van der Waals surface area contributed by atoms with Crippen LogP contribution in [-0.4, -0.2) is 54.7 Å². The molecule has 1 aromatic rings. The van der Waals surface area contributed by atoms with E-state index < -0.39 is 0 Å². The van der Waals surface area contributed by atoms with Crippen molar-refractivity contribution in [2.24, 2.45) is 23.2 Å². The van der Waals surface area contributed by atoms with Crippen molar-refractivity contribution in [1.82, 2.24) is 20.9 Å². The molecule has 34 heavy (non-hydrogen) atoms. The molecule has 182 valence electrons. The lowest BCUT2D eigenvalue weighted by Gasteiger charge is -2.56. The molecule has 1 saturated heterocycles. The van der Waals surface area contributed by atoms with E-state index in [1.165, 1.54) is 43.4 Å². The van der Waals surface area contributed by atoms with Crippen LogP contribution in [0, 0.1) is 23.2 Å². The summed E-state index contributed by atoms with van der Waals surface area (Å²) in [6.07, 6.45) is 8.17. The quantitative estimate of drug-likeness (QED) is 0.567. The predicted molar refractivity (Wildman–Crippen MR) is 125 cm³/mol. The summed E-state index contributed by atoms with van der Waals surface area (Å²) in [5.41, 5.74) is 1.55. The van der Waals surface area contributed by atoms with Crippen LogP contribution in [-0.2, 0) is 20.9 Å². The van der Waals surface area contributed by atoms with Crippen molar-refractivity contribution in [3.05, 3.63) is 35.4 Å². The van der Waals surface area contributed by atoms with E-state index in [4.69, 9.17) is 0 Å². The first kappa shape index (κ1) is 22.9. The number of benzene rings is 1. The molecule has 1 aliphatic heterocycles. The Hall–Kier alpha value is -2.90. The fraction of sp³-hybridized carbons (Fsp3) is 0.615. The summed E-state index contributed by atoms with van der Waals surface area (Å²) in [4.78, 5) is 50.4. The maximum Gasteiger partial charge on any atom is 0.254 e. The SMILES string of the molecule is O=C(CNC(=O)CC12CC3CC(CC(C3)C1)C2)NCc1ccc(C(=O)N2CCNC(=O)C2)cc1. The normalized spacial score (nSPS) is 29.5. The number of nitrogens with zero attached hydrogens (tertiary/aromatic N) is 1. The first-order valence-corrected chi connectivity index (χ1v) is 12.6. The summed E-state index contributed by atoms with van der Waals surface area (Å²) in [6.45, 7) is 1.35. The number of carbonyl (C=O) groups excluding carboxylic acids is 4. The van der Waals surface area contributed by atoms with Gasteiger partial charge in [-0.05, 0) is 79.4 Å². The Morgan fingerprint density at radius 2 is 1.59 bits per heavy atom. The smallest absolute Gasteiger partial charge is 0.254 e. The minimum atomic E-state index is -0.224. The molecular formula is C26H34N4O4. The zero-order valence-corrected chi connectivity index (χ0v) is 19.6. The summed E-state index contributed by atoms with van der Waals surface area (Å²) in [6, 6.07) is 7.01. The Kier molecular flexibility index (Phi) is 6.32. The second-order valence-electron chi connectivity index (χ2n) is 10.9. The maximum absolute atomic E-state index is 12.6. The molecule has 5 aliphatic rings. The van der Waals surface area contributed by atoms with Crippen LogP contribution in [0.3, 0.4) is 0 Å². The molecule has 8 heteroatoms. The highest BCUT2D eigenvalue weighted by Crippen LogP contribution is 2.61. The molecule has 0 unspecified atom stereocenters. The Balaban J connectivity index is 1.04. The van der Waals surface area contributed by atoms with Gasteiger partial charge in [0.15, 0.2) is 0 Å². The molecular weight excluding hydrogens is 432 g/mol. The molecule has 4 amide bonds. The van der Waals surface area contributed by atoms with Gasteiger partial charge in [-0.1, -0.05) is 12.1 Å². The lowest BCUT2D eigenvalue weighted by atomic mass is 9.49. The summed E-state index contributed by atoms with van der Waals surface area (Å²) < 4.78 is 0. The molecule has 4 bridgehead atoms. The maximum atomic E-state index is 12.6. The summed E-state index contributed by atoms with van der Waals surface area (Å²) in [7, 11) is 0. The van der Waals surface area contributed by atoms with Gasteiger partial charge in [0.25, 0.3) is 5.91 Å². The van der Waals surface area contributed by atoms with E-state index in [-0.39, 0.29) is 42.1 Å². The Morgan fingerprint density at radius 1 is 0.941 bits per heavy atom. The van der Waals surface area contributed by atoms with Gasteiger partial charge in [-0.3, -0.25) is 19.2 Å². The van der Waals surface area contributed by atoms with Crippen molar-refractivity contribution in [2.45, 2.75) is 51.5 Å². The number of nitrogens with one attached hydrogen (secondary N) is 3. The number of rotatable bonds is 7. The standard InChI is InChI=1S/C26H34N4O4/c31-22(13-26-10-18-7-19(11-26)9-20(8-18)12-26)29-15-23(32)28-14-17-1-3-21(4-2-17)25(34)30-6-5-27-24(33)16-30/h1-4,18-20H,5-16H2,(H,27,33)(H,28,32)(H,29,31). The molecule has 6 rings (SSSR count). The van der Waals surface area contributed by atoms with Crippen LogP contribution in [0.4, 0.5) is 0 Å². The lowest BCUT2D eigenvalue weighted by molar-refractivity contribution is -0.132. The molecule has 8 nitrogen and oxygen atoms in total. The number of piperazine rings is 1. The highest BCUT2D eigenvalue weighted by atomic mass is 16.2. The van der Waals surface area contributed by atoms with Gasteiger partial charge < -0.3 is 20.9 Å². The highest BCUT2D eigenvalue weighted by Gasteiger charge is 2.51. The van der Waals surface area contributed by atoms with Gasteiger partial charge >= 0.3 is 0 Å². The minimum absolute atomic E-state index is 0.00800. The molecule has 0 atom stereocenters. The van der Waals surface area contributed by atoms with E-state index in [1.54, 1.807) is 24.3 Å². The lowest BCUT2D eigenvalue weighted by Crippen LogP contribution is -2.49. The number of hydrogen-bond acceptors (Lipinski definition) is 4. The van der Waals surface area contributed by atoms with Crippen LogP contribution in [0.2, 0.25) is 0 Å². The molecule has 0 radical (unpaired) electrons. The third kappa shape index (κ3) is 5.10. The van der Waals surface area contributed by atoms with Crippen LogP contribution in [0.1, 0.15) is 60.9 Å². The van der Waals surface area contributed by atoms with Crippen molar-refractivity contribution in [1.29, 1.82) is 0 Å². The number of amides is 4. The van der Waals surface area contributed by atoms with Gasteiger partial charge in [-0.2, -0.15) is 0 Å². The predicted octanol–water partition coefficient (Wildman–Crippen LogP) is 1.60. The van der Waals surface area contributed by atoms with Crippen LogP contribution in [0.15, 0.2) is 24.3 Å². The highest BCUT2D eigenvalue weighted by molar-refractivity contribution is 5.97. The summed E-state index contributed by atoms with van der Waals surface area (Å²) in [5, 5.41) is 8.36. The van der Waals surface area contributed by atoms with E-state index in [0.717, 1.165) is 23.3 Å². The average Bonchev–Trinajstić information content (AvgIpc) is 2.80. The monoisotopic (exact) mass is 466 g/mol. The van der Waals surface area contributed by atoms with Crippen molar-refractivity contribution in [3.63, 3.8) is 0 Å². The fourth-order valence-corrected chi connectivity index (χ4v) is 7.11. The van der Waals surface area contributed by atoms with Crippen LogP contribution < -0.4 is 16.0 Å². The Bertz CT molecular complexity index is 938. The third-order valence-electron chi connectivity index (χ3n) is 8.16. The molecule has 4 saturated carbocycles. The van der Waals surface area contributed by atoms with Gasteiger partial charge in [-0.15, -0.1) is 0 Å². The van der Waals surface area contributed by atoms with E-state index in [9.17, 15) is 19.2 Å². The van der Waals surface area contributed by atoms with Crippen molar-refractivity contribution in [3.8, 4) is 0 Å².